The van der Waals surface area contributed by atoms with Crippen LogP contribution in [0.2, 0.25) is 0 Å². The van der Waals surface area contributed by atoms with E-state index in [0.29, 0.717) is 5.82 Å². The van der Waals surface area contributed by atoms with Gasteiger partial charge < -0.3 is 9.15 Å². The number of aromatic nitrogens is 1. The molecule has 2 rings (SSSR count). The lowest BCUT2D eigenvalue weighted by molar-refractivity contribution is 0.155. The highest BCUT2D eigenvalue weighted by atomic mass is 16.5. The van der Waals surface area contributed by atoms with Crippen molar-refractivity contribution in [2.24, 2.45) is 0 Å². The summed E-state index contributed by atoms with van der Waals surface area (Å²) in [6.45, 7) is 0.227. The van der Waals surface area contributed by atoms with Gasteiger partial charge in [-0.15, -0.1) is 0 Å². The van der Waals surface area contributed by atoms with E-state index in [9.17, 15) is 4.79 Å². The van der Waals surface area contributed by atoms with Crippen molar-refractivity contribution in [1.29, 1.82) is 0 Å². The zero-order chi connectivity index (χ0) is 11.2. The van der Waals surface area contributed by atoms with Crippen LogP contribution in [0.1, 0.15) is 5.56 Å². The van der Waals surface area contributed by atoms with E-state index >= 15 is 0 Å². The molecule has 0 unspecified atom stereocenters. The van der Waals surface area contributed by atoms with Crippen LogP contribution >= 0.6 is 0 Å². The first-order valence-corrected chi connectivity index (χ1v) is 4.70. The molecule has 0 fully saturated rings. The van der Waals surface area contributed by atoms with Crippen LogP contribution in [-0.2, 0) is 11.3 Å². The second kappa shape index (κ2) is 4.97. The summed E-state index contributed by atoms with van der Waals surface area (Å²) in [5, 5.41) is 2.43. The molecule has 0 aliphatic rings. The number of oxazole rings is 1. The van der Waals surface area contributed by atoms with E-state index in [-0.39, 0.29) is 6.61 Å². The summed E-state index contributed by atoms with van der Waals surface area (Å²) < 4.78 is 9.67. The van der Waals surface area contributed by atoms with Crippen LogP contribution in [0.4, 0.5) is 10.6 Å². The SMILES string of the molecule is O=C(Nc1cocn1)OCc1ccccc1. The lowest BCUT2D eigenvalue weighted by Gasteiger charge is -2.04. The average molecular weight is 218 g/mol. The van der Waals surface area contributed by atoms with Crippen LogP contribution in [0.3, 0.4) is 0 Å². The fourth-order valence-corrected chi connectivity index (χ4v) is 1.14. The molecule has 82 valence electrons. The highest BCUT2D eigenvalue weighted by molar-refractivity contribution is 5.82. The monoisotopic (exact) mass is 218 g/mol. The Morgan fingerprint density at radius 3 is 2.88 bits per heavy atom. The number of nitrogens with one attached hydrogen (secondary N) is 1. The highest BCUT2D eigenvalue weighted by Crippen LogP contribution is 2.04. The Hall–Kier alpha value is -2.30. The summed E-state index contributed by atoms with van der Waals surface area (Å²) in [4.78, 5) is 15.0. The topological polar surface area (TPSA) is 64.4 Å². The number of anilines is 1. The van der Waals surface area contributed by atoms with Gasteiger partial charge >= 0.3 is 6.09 Å². The average Bonchev–Trinajstić information content (AvgIpc) is 2.81. The third kappa shape index (κ3) is 2.84. The Morgan fingerprint density at radius 2 is 2.19 bits per heavy atom. The molecule has 0 saturated heterocycles. The highest BCUT2D eigenvalue weighted by Gasteiger charge is 2.04. The standard InChI is InChI=1S/C11H10N2O3/c14-11(13-10-7-15-8-12-10)16-6-9-4-2-1-3-5-9/h1-5,7-8H,6H2,(H,13,14). The van der Waals surface area contributed by atoms with Crippen molar-refractivity contribution < 1.29 is 13.9 Å². The quantitative estimate of drug-likeness (QED) is 0.859. The lowest BCUT2D eigenvalue weighted by Crippen LogP contribution is -2.13. The maximum Gasteiger partial charge on any atom is 0.413 e. The Labute approximate surface area is 92.1 Å². The molecule has 0 bridgehead atoms. The summed E-state index contributed by atoms with van der Waals surface area (Å²) in [7, 11) is 0. The summed E-state index contributed by atoms with van der Waals surface area (Å²) in [5.74, 6) is 0.332. The molecular formula is C11H10N2O3. The summed E-state index contributed by atoms with van der Waals surface area (Å²) in [5.41, 5.74) is 0.929. The number of hydrogen-bond donors (Lipinski definition) is 1. The maximum absolute atomic E-state index is 11.3. The number of amides is 1. The van der Waals surface area contributed by atoms with Crippen LogP contribution in [0.15, 0.2) is 47.4 Å². The minimum absolute atomic E-state index is 0.227. The fraction of sp³-hybridized carbons (Fsp3) is 0.0909. The van der Waals surface area contributed by atoms with E-state index in [1.54, 1.807) is 0 Å². The van der Waals surface area contributed by atoms with Gasteiger partial charge in [0.2, 0.25) is 0 Å². The normalized spacial score (nSPS) is 9.75. The zero-order valence-corrected chi connectivity index (χ0v) is 8.42. The van der Waals surface area contributed by atoms with Gasteiger partial charge in [0, 0.05) is 0 Å². The smallest absolute Gasteiger partial charge is 0.413 e. The van der Waals surface area contributed by atoms with Crippen molar-refractivity contribution in [3.63, 3.8) is 0 Å². The molecule has 0 radical (unpaired) electrons. The fourth-order valence-electron chi connectivity index (χ4n) is 1.14. The molecular weight excluding hydrogens is 208 g/mol. The first-order valence-electron chi connectivity index (χ1n) is 4.70. The second-order valence-corrected chi connectivity index (χ2v) is 3.06. The number of benzene rings is 1. The minimum Gasteiger partial charge on any atom is -0.449 e. The zero-order valence-electron chi connectivity index (χ0n) is 8.42. The molecule has 1 aromatic heterocycles. The lowest BCUT2D eigenvalue weighted by atomic mass is 10.2. The Balaban J connectivity index is 1.80. The number of carbonyl (C=O) groups excluding carboxylic acids is 1. The van der Waals surface area contributed by atoms with Gasteiger partial charge in [-0.1, -0.05) is 30.3 Å². The Morgan fingerprint density at radius 1 is 1.38 bits per heavy atom. The number of hydrogen-bond acceptors (Lipinski definition) is 4. The number of rotatable bonds is 3. The molecule has 5 nitrogen and oxygen atoms in total. The van der Waals surface area contributed by atoms with Crippen molar-refractivity contribution in [3.8, 4) is 0 Å². The largest absolute Gasteiger partial charge is 0.449 e. The van der Waals surface area contributed by atoms with E-state index < -0.39 is 6.09 Å². The summed E-state index contributed by atoms with van der Waals surface area (Å²) in [6.07, 6.45) is 1.99. The van der Waals surface area contributed by atoms with Crippen molar-refractivity contribution in [1.82, 2.24) is 4.98 Å². The van der Waals surface area contributed by atoms with Gasteiger partial charge in [-0.25, -0.2) is 4.79 Å². The molecule has 2 aromatic rings. The molecule has 5 heteroatoms. The van der Waals surface area contributed by atoms with Crippen LogP contribution in [0.5, 0.6) is 0 Å². The number of ether oxygens (including phenoxy) is 1. The van der Waals surface area contributed by atoms with Crippen LogP contribution in [0, 0.1) is 0 Å². The predicted molar refractivity (Wildman–Crippen MR) is 56.8 cm³/mol. The van der Waals surface area contributed by atoms with Gasteiger partial charge in [0.25, 0.3) is 0 Å². The molecule has 0 spiro atoms. The first kappa shape index (κ1) is 10.2. The van der Waals surface area contributed by atoms with Crippen molar-refractivity contribution in [3.05, 3.63) is 48.6 Å². The maximum atomic E-state index is 11.3. The van der Waals surface area contributed by atoms with Crippen LogP contribution in [-0.4, -0.2) is 11.1 Å². The molecule has 0 aliphatic carbocycles. The van der Waals surface area contributed by atoms with Crippen LogP contribution < -0.4 is 5.32 Å². The molecule has 1 N–H and O–H groups in total. The predicted octanol–water partition coefficient (Wildman–Crippen LogP) is 2.42. The Bertz CT molecular complexity index is 440. The van der Waals surface area contributed by atoms with E-state index in [0.717, 1.165) is 5.56 Å². The first-order chi connectivity index (χ1) is 7.84. The number of carbonyl (C=O) groups is 1. The molecule has 16 heavy (non-hydrogen) atoms. The Kier molecular flexibility index (Phi) is 3.18. The van der Waals surface area contributed by atoms with Gasteiger partial charge in [0.15, 0.2) is 12.2 Å². The third-order valence-corrected chi connectivity index (χ3v) is 1.88. The molecule has 1 amide bonds. The molecule has 0 aliphatic heterocycles. The van der Waals surface area contributed by atoms with Crippen molar-refractivity contribution in [2.45, 2.75) is 6.61 Å². The third-order valence-electron chi connectivity index (χ3n) is 1.88. The molecule has 0 saturated carbocycles. The summed E-state index contributed by atoms with van der Waals surface area (Å²) in [6, 6.07) is 9.42. The van der Waals surface area contributed by atoms with Gasteiger partial charge in [-0.3, -0.25) is 5.32 Å². The molecule has 1 aromatic carbocycles. The van der Waals surface area contributed by atoms with E-state index in [1.165, 1.54) is 12.7 Å². The van der Waals surface area contributed by atoms with Crippen molar-refractivity contribution in [2.75, 3.05) is 5.32 Å². The molecule has 0 atom stereocenters. The van der Waals surface area contributed by atoms with E-state index in [4.69, 9.17) is 9.15 Å². The van der Waals surface area contributed by atoms with E-state index in [2.05, 4.69) is 10.3 Å². The summed E-state index contributed by atoms with van der Waals surface area (Å²) >= 11 is 0. The van der Waals surface area contributed by atoms with Gasteiger partial charge in [0.05, 0.1) is 0 Å². The molecule has 1 heterocycles. The van der Waals surface area contributed by atoms with E-state index in [1.807, 2.05) is 30.3 Å². The van der Waals surface area contributed by atoms with Gasteiger partial charge in [0.1, 0.15) is 12.9 Å². The minimum atomic E-state index is -0.558. The van der Waals surface area contributed by atoms with Crippen LogP contribution in [0.25, 0.3) is 0 Å². The van der Waals surface area contributed by atoms with Gasteiger partial charge in [-0.05, 0) is 5.56 Å². The number of nitrogens with zero attached hydrogens (tertiary/aromatic N) is 1. The van der Waals surface area contributed by atoms with Gasteiger partial charge in [-0.2, -0.15) is 4.98 Å². The second-order valence-electron chi connectivity index (χ2n) is 3.06. The van der Waals surface area contributed by atoms with Crippen molar-refractivity contribution >= 4 is 11.9 Å².